The third-order valence-electron chi connectivity index (χ3n) is 4.93. The van der Waals surface area contributed by atoms with Crippen LogP contribution in [0.3, 0.4) is 0 Å². The van der Waals surface area contributed by atoms with Gasteiger partial charge in [0.25, 0.3) is 0 Å². The smallest absolute Gasteiger partial charge is 0.329 e. The minimum atomic E-state index is -1.12. The lowest BCUT2D eigenvalue weighted by Crippen LogP contribution is -2.31. The van der Waals surface area contributed by atoms with Crippen LogP contribution in [0.15, 0.2) is 0 Å². The number of hydrogen-bond donors (Lipinski definition) is 2. The molecule has 0 aromatic carbocycles. The average Bonchev–Trinajstić information content (AvgIpc) is 2.93. The molecule has 39 heavy (non-hydrogen) atoms. The fourth-order valence-corrected chi connectivity index (χ4v) is 3.05. The second-order valence-electron chi connectivity index (χ2n) is 8.19. The number of hydrogen-bond acceptors (Lipinski definition) is 12. The summed E-state index contributed by atoms with van der Waals surface area (Å²) in [6.45, 7) is 7.34. The Balaban J connectivity index is 1.64. The largest absolute Gasteiger partial charge is 0.480 e. The van der Waals surface area contributed by atoms with Crippen molar-refractivity contribution in [3.05, 3.63) is 0 Å². The van der Waals surface area contributed by atoms with Gasteiger partial charge in [-0.3, -0.25) is 4.79 Å². The SMILES string of the molecule is O=C(O)COCC(=O)NCCOCCOCCOCCOCCOCCOCCOCCOC1CCCCO1. The molecule has 1 atom stereocenters. The molecule has 2 N–H and O–H groups in total. The number of aliphatic carboxylic acids is 1. The number of carboxylic acid groups (broad SMARTS) is 1. The molecule has 0 aromatic rings. The summed E-state index contributed by atoms with van der Waals surface area (Å²) in [6.07, 6.45) is 3.16. The molecule has 1 heterocycles. The van der Waals surface area contributed by atoms with Crippen LogP contribution < -0.4 is 5.32 Å². The Kier molecular flexibility index (Phi) is 25.6. The van der Waals surface area contributed by atoms with E-state index >= 15 is 0 Å². The summed E-state index contributed by atoms with van der Waals surface area (Å²) < 4.78 is 53.6. The van der Waals surface area contributed by atoms with Crippen LogP contribution >= 0.6 is 0 Å². The van der Waals surface area contributed by atoms with Gasteiger partial charge in [-0.2, -0.15) is 0 Å². The first kappa shape index (κ1) is 35.6. The molecule has 0 radical (unpaired) electrons. The summed E-state index contributed by atoms with van der Waals surface area (Å²) >= 11 is 0. The lowest BCUT2D eigenvalue weighted by atomic mass is 10.2. The summed E-state index contributed by atoms with van der Waals surface area (Å²) in [5, 5.41) is 11.0. The minimum absolute atomic E-state index is 0.0749. The Bertz CT molecular complexity index is 564. The third kappa shape index (κ3) is 26.5. The van der Waals surface area contributed by atoms with Gasteiger partial charge in [0.15, 0.2) is 6.29 Å². The highest BCUT2D eigenvalue weighted by atomic mass is 16.7. The fraction of sp³-hybridized carbons (Fsp3) is 0.920. The van der Waals surface area contributed by atoms with Crippen LogP contribution in [0.5, 0.6) is 0 Å². The summed E-state index contributed by atoms with van der Waals surface area (Å²) in [7, 11) is 0. The zero-order chi connectivity index (χ0) is 28.1. The van der Waals surface area contributed by atoms with E-state index in [0.717, 1.165) is 25.9 Å². The number of carbonyl (C=O) groups excluding carboxylic acids is 1. The normalized spacial score (nSPS) is 15.4. The summed E-state index contributed by atoms with van der Waals surface area (Å²) in [5.41, 5.74) is 0. The number of carboxylic acids is 1. The first-order chi connectivity index (χ1) is 19.2. The van der Waals surface area contributed by atoms with Gasteiger partial charge in [0.2, 0.25) is 5.91 Å². The molecule has 1 unspecified atom stereocenters. The molecule has 1 aliphatic rings. The number of rotatable bonds is 29. The molecule has 0 aromatic heterocycles. The molecule has 1 saturated heterocycles. The molecule has 230 valence electrons. The Morgan fingerprint density at radius 1 is 0.615 bits per heavy atom. The molecule has 0 saturated carbocycles. The van der Waals surface area contributed by atoms with Crippen molar-refractivity contribution in [1.29, 1.82) is 0 Å². The maximum absolute atomic E-state index is 11.3. The zero-order valence-electron chi connectivity index (χ0n) is 23.0. The molecule has 1 rings (SSSR count). The lowest BCUT2D eigenvalue weighted by Gasteiger charge is -2.22. The quantitative estimate of drug-likeness (QED) is 0.115. The van der Waals surface area contributed by atoms with Crippen molar-refractivity contribution in [3.8, 4) is 0 Å². The number of ether oxygens (including phenoxy) is 10. The first-order valence-corrected chi connectivity index (χ1v) is 13.5. The number of nitrogens with one attached hydrogen (secondary N) is 1. The van der Waals surface area contributed by atoms with Crippen molar-refractivity contribution < 1.29 is 62.1 Å². The predicted octanol–water partition coefficient (Wildman–Crippen LogP) is -0.137. The highest BCUT2D eigenvalue weighted by molar-refractivity contribution is 5.77. The Hall–Kier alpha value is -1.46. The van der Waals surface area contributed by atoms with Gasteiger partial charge in [-0.15, -0.1) is 0 Å². The lowest BCUT2D eigenvalue weighted by molar-refractivity contribution is -0.169. The predicted molar refractivity (Wildman–Crippen MR) is 137 cm³/mol. The minimum Gasteiger partial charge on any atom is -0.480 e. The van der Waals surface area contributed by atoms with E-state index in [4.69, 9.17) is 47.7 Å². The molecule has 14 heteroatoms. The van der Waals surface area contributed by atoms with Crippen LogP contribution in [0, 0.1) is 0 Å². The topological polar surface area (TPSA) is 159 Å². The standard InChI is InChI=1S/C25H47NO13/c27-23(21-37-22-24(28)29)26-4-6-30-7-8-31-9-10-32-11-12-33-13-14-34-15-16-35-17-18-36-19-20-39-25-3-1-2-5-38-25/h25H,1-22H2,(H,26,27)(H,28,29). The first-order valence-electron chi connectivity index (χ1n) is 13.5. The molecular formula is C25H47NO13. The van der Waals surface area contributed by atoms with E-state index in [1.54, 1.807) is 0 Å². The van der Waals surface area contributed by atoms with Gasteiger partial charge < -0.3 is 57.8 Å². The van der Waals surface area contributed by atoms with Crippen LogP contribution in [0.2, 0.25) is 0 Å². The Morgan fingerprint density at radius 2 is 1.08 bits per heavy atom. The summed E-state index contributed by atoms with van der Waals surface area (Å²) in [6, 6.07) is 0. The van der Waals surface area contributed by atoms with E-state index in [2.05, 4.69) is 10.1 Å². The maximum atomic E-state index is 11.3. The molecule has 1 aliphatic heterocycles. The van der Waals surface area contributed by atoms with E-state index < -0.39 is 18.5 Å². The second-order valence-corrected chi connectivity index (χ2v) is 8.19. The second kappa shape index (κ2) is 28.1. The van der Waals surface area contributed by atoms with Gasteiger partial charge in [-0.05, 0) is 19.3 Å². The maximum Gasteiger partial charge on any atom is 0.329 e. The number of carbonyl (C=O) groups is 2. The van der Waals surface area contributed by atoms with Crippen LogP contribution in [0.25, 0.3) is 0 Å². The molecule has 0 aliphatic carbocycles. The van der Waals surface area contributed by atoms with Gasteiger partial charge in [0.05, 0.1) is 99.1 Å². The Labute approximate surface area is 230 Å². The molecule has 1 fully saturated rings. The van der Waals surface area contributed by atoms with Crippen LogP contribution in [-0.2, 0) is 57.0 Å². The molecule has 1 amide bonds. The Morgan fingerprint density at radius 3 is 1.51 bits per heavy atom. The highest BCUT2D eigenvalue weighted by Gasteiger charge is 2.13. The summed E-state index contributed by atoms with van der Waals surface area (Å²) in [5.74, 6) is -1.51. The van der Waals surface area contributed by atoms with Gasteiger partial charge in [-0.25, -0.2) is 4.79 Å². The van der Waals surface area contributed by atoms with Crippen LogP contribution in [-0.4, -0.2) is 149 Å². The fourth-order valence-electron chi connectivity index (χ4n) is 3.05. The zero-order valence-corrected chi connectivity index (χ0v) is 23.0. The molecule has 0 spiro atoms. The van der Waals surface area contributed by atoms with E-state index in [0.29, 0.717) is 106 Å². The van der Waals surface area contributed by atoms with Crippen molar-refractivity contribution in [1.82, 2.24) is 5.32 Å². The van der Waals surface area contributed by atoms with E-state index in [1.807, 2.05) is 0 Å². The van der Waals surface area contributed by atoms with Crippen molar-refractivity contribution >= 4 is 11.9 Å². The monoisotopic (exact) mass is 569 g/mol. The third-order valence-corrected chi connectivity index (χ3v) is 4.93. The van der Waals surface area contributed by atoms with Gasteiger partial charge in [0, 0.05) is 13.2 Å². The highest BCUT2D eigenvalue weighted by Crippen LogP contribution is 2.13. The van der Waals surface area contributed by atoms with E-state index in [-0.39, 0.29) is 12.9 Å². The average molecular weight is 570 g/mol. The van der Waals surface area contributed by atoms with E-state index in [9.17, 15) is 9.59 Å². The molecule has 0 bridgehead atoms. The molecular weight excluding hydrogens is 522 g/mol. The van der Waals surface area contributed by atoms with Crippen molar-refractivity contribution in [3.63, 3.8) is 0 Å². The van der Waals surface area contributed by atoms with Gasteiger partial charge >= 0.3 is 5.97 Å². The van der Waals surface area contributed by atoms with Crippen molar-refractivity contribution in [2.45, 2.75) is 25.6 Å². The van der Waals surface area contributed by atoms with Crippen molar-refractivity contribution in [2.24, 2.45) is 0 Å². The number of amides is 1. The molecule has 14 nitrogen and oxygen atoms in total. The van der Waals surface area contributed by atoms with Crippen molar-refractivity contribution in [2.75, 3.05) is 125 Å². The summed E-state index contributed by atoms with van der Waals surface area (Å²) in [4.78, 5) is 21.6. The van der Waals surface area contributed by atoms with Crippen LogP contribution in [0.1, 0.15) is 19.3 Å². The van der Waals surface area contributed by atoms with Crippen LogP contribution in [0.4, 0.5) is 0 Å². The van der Waals surface area contributed by atoms with E-state index in [1.165, 1.54) is 0 Å². The van der Waals surface area contributed by atoms with Gasteiger partial charge in [-0.1, -0.05) is 0 Å². The van der Waals surface area contributed by atoms with Gasteiger partial charge in [0.1, 0.15) is 13.2 Å².